The molecule has 0 radical (unpaired) electrons. The molecule has 0 heterocycles. The van der Waals surface area contributed by atoms with E-state index in [0.29, 0.717) is 18.9 Å². The first-order chi connectivity index (χ1) is 9.36. The molecule has 4 N–H and O–H groups in total. The van der Waals surface area contributed by atoms with Gasteiger partial charge in [-0.2, -0.15) is 0 Å². The fraction of sp³-hybridized carbons (Fsp3) is 0.867. The molecule has 5 heteroatoms. The van der Waals surface area contributed by atoms with Crippen LogP contribution < -0.4 is 11.1 Å². The number of carbonyl (C=O) groups is 2. The molecule has 116 valence electrons. The summed E-state index contributed by atoms with van der Waals surface area (Å²) in [5, 5.41) is 12.0. The predicted molar refractivity (Wildman–Crippen MR) is 78.1 cm³/mol. The molecule has 2 atom stereocenters. The number of hydrogen-bond acceptors (Lipinski definition) is 3. The highest BCUT2D eigenvalue weighted by Gasteiger charge is 2.41. The van der Waals surface area contributed by atoms with Crippen LogP contribution >= 0.6 is 0 Å². The third-order valence-corrected chi connectivity index (χ3v) is 4.87. The van der Waals surface area contributed by atoms with Gasteiger partial charge in [0.15, 0.2) is 0 Å². The SMILES string of the molecule is CC[C@H](C)[C@H](NC(=O)C1(CN)CCC(C)CC1)C(=O)O. The average Bonchev–Trinajstić information content (AvgIpc) is 2.44. The summed E-state index contributed by atoms with van der Waals surface area (Å²) in [5.41, 5.74) is 5.26. The van der Waals surface area contributed by atoms with Crippen molar-refractivity contribution < 1.29 is 14.7 Å². The Labute approximate surface area is 121 Å². The van der Waals surface area contributed by atoms with Gasteiger partial charge in [0.1, 0.15) is 6.04 Å². The molecular formula is C15H28N2O3. The van der Waals surface area contributed by atoms with E-state index in [-0.39, 0.29) is 11.8 Å². The number of carbonyl (C=O) groups excluding carboxylic acids is 1. The van der Waals surface area contributed by atoms with Gasteiger partial charge >= 0.3 is 5.97 Å². The molecule has 0 spiro atoms. The summed E-state index contributed by atoms with van der Waals surface area (Å²) < 4.78 is 0. The van der Waals surface area contributed by atoms with E-state index in [2.05, 4.69) is 12.2 Å². The van der Waals surface area contributed by atoms with E-state index in [9.17, 15) is 14.7 Å². The maximum atomic E-state index is 12.5. The van der Waals surface area contributed by atoms with Crippen LogP contribution in [-0.2, 0) is 9.59 Å². The first-order valence-corrected chi connectivity index (χ1v) is 7.60. The molecule has 20 heavy (non-hydrogen) atoms. The highest BCUT2D eigenvalue weighted by Crippen LogP contribution is 2.38. The van der Waals surface area contributed by atoms with Crippen LogP contribution in [0.4, 0.5) is 0 Å². The first-order valence-electron chi connectivity index (χ1n) is 7.60. The zero-order valence-electron chi connectivity index (χ0n) is 12.8. The van der Waals surface area contributed by atoms with Crippen LogP contribution in [0.15, 0.2) is 0 Å². The van der Waals surface area contributed by atoms with Crippen LogP contribution in [0.5, 0.6) is 0 Å². The minimum absolute atomic E-state index is 0.0891. The number of aliphatic carboxylic acids is 1. The van der Waals surface area contributed by atoms with Crippen LogP contribution in [0, 0.1) is 17.3 Å². The summed E-state index contributed by atoms with van der Waals surface area (Å²) in [5.74, 6) is -0.621. The van der Waals surface area contributed by atoms with Crippen LogP contribution in [0.3, 0.4) is 0 Å². The van der Waals surface area contributed by atoms with Gasteiger partial charge in [0.05, 0.1) is 5.41 Å². The molecule has 0 unspecified atom stereocenters. The molecular weight excluding hydrogens is 256 g/mol. The zero-order valence-corrected chi connectivity index (χ0v) is 12.8. The molecule has 0 saturated heterocycles. The summed E-state index contributed by atoms with van der Waals surface area (Å²) >= 11 is 0. The molecule has 1 rings (SSSR count). The quantitative estimate of drug-likeness (QED) is 0.693. The van der Waals surface area contributed by atoms with Crippen molar-refractivity contribution in [2.24, 2.45) is 23.0 Å². The van der Waals surface area contributed by atoms with Crippen LogP contribution in [0.1, 0.15) is 52.9 Å². The number of nitrogens with one attached hydrogen (secondary N) is 1. The van der Waals surface area contributed by atoms with Crippen molar-refractivity contribution in [1.82, 2.24) is 5.32 Å². The van der Waals surface area contributed by atoms with Crippen molar-refractivity contribution in [3.05, 3.63) is 0 Å². The van der Waals surface area contributed by atoms with Crippen LogP contribution in [0.2, 0.25) is 0 Å². The lowest BCUT2D eigenvalue weighted by Crippen LogP contribution is -2.54. The van der Waals surface area contributed by atoms with Crippen molar-refractivity contribution in [2.75, 3.05) is 6.54 Å². The van der Waals surface area contributed by atoms with Crippen molar-refractivity contribution in [1.29, 1.82) is 0 Å². The van der Waals surface area contributed by atoms with Crippen LogP contribution in [-0.4, -0.2) is 29.6 Å². The number of amides is 1. The highest BCUT2D eigenvalue weighted by atomic mass is 16.4. The topological polar surface area (TPSA) is 92.4 Å². The second-order valence-electron chi connectivity index (χ2n) is 6.34. The number of hydrogen-bond donors (Lipinski definition) is 3. The summed E-state index contributed by atoms with van der Waals surface area (Å²) in [4.78, 5) is 23.9. The first kappa shape index (κ1) is 17.0. The maximum absolute atomic E-state index is 12.5. The van der Waals surface area contributed by atoms with E-state index in [0.717, 1.165) is 25.7 Å². The van der Waals surface area contributed by atoms with Gasteiger partial charge in [-0.1, -0.05) is 27.2 Å². The Morgan fingerprint density at radius 2 is 1.95 bits per heavy atom. The lowest BCUT2D eigenvalue weighted by atomic mass is 9.70. The molecule has 1 aliphatic carbocycles. The monoisotopic (exact) mass is 284 g/mol. The van der Waals surface area contributed by atoms with Gasteiger partial charge < -0.3 is 16.2 Å². The Morgan fingerprint density at radius 3 is 2.35 bits per heavy atom. The number of carboxylic acid groups (broad SMARTS) is 1. The molecule has 1 aliphatic rings. The molecule has 0 aromatic carbocycles. The standard InChI is InChI=1S/C15H28N2O3/c1-4-11(3)12(13(18)19)17-14(20)15(9-16)7-5-10(2)6-8-15/h10-12H,4-9,16H2,1-3H3,(H,17,20)(H,18,19)/t10?,11-,12-,15?/m0/s1. The Bertz CT molecular complexity index is 349. The molecule has 1 saturated carbocycles. The van der Waals surface area contributed by atoms with E-state index < -0.39 is 17.4 Å². The minimum Gasteiger partial charge on any atom is -0.480 e. The Kier molecular flexibility index (Phi) is 5.99. The van der Waals surface area contributed by atoms with Gasteiger partial charge in [-0.3, -0.25) is 4.79 Å². The molecule has 0 aromatic heterocycles. The molecule has 1 amide bonds. The van der Waals surface area contributed by atoms with Gasteiger partial charge in [0.2, 0.25) is 5.91 Å². The Morgan fingerprint density at radius 1 is 1.40 bits per heavy atom. The second-order valence-corrected chi connectivity index (χ2v) is 6.34. The zero-order chi connectivity index (χ0) is 15.3. The lowest BCUT2D eigenvalue weighted by molar-refractivity contribution is -0.146. The fourth-order valence-corrected chi connectivity index (χ4v) is 2.82. The highest BCUT2D eigenvalue weighted by molar-refractivity contribution is 5.87. The van der Waals surface area contributed by atoms with Crippen molar-refractivity contribution in [2.45, 2.75) is 58.9 Å². The number of nitrogens with two attached hydrogens (primary N) is 1. The smallest absolute Gasteiger partial charge is 0.326 e. The minimum atomic E-state index is -0.968. The summed E-state index contributed by atoms with van der Waals surface area (Å²) in [6.45, 7) is 6.24. The molecule has 1 fully saturated rings. The molecule has 0 aromatic rings. The maximum Gasteiger partial charge on any atom is 0.326 e. The van der Waals surface area contributed by atoms with E-state index in [1.54, 1.807) is 0 Å². The van der Waals surface area contributed by atoms with E-state index >= 15 is 0 Å². The summed E-state index contributed by atoms with van der Waals surface area (Å²) in [6.07, 6.45) is 4.17. The van der Waals surface area contributed by atoms with Gasteiger partial charge in [0.25, 0.3) is 0 Å². The molecule has 0 bridgehead atoms. The fourth-order valence-electron chi connectivity index (χ4n) is 2.82. The Hall–Kier alpha value is -1.10. The third kappa shape index (κ3) is 3.72. The van der Waals surface area contributed by atoms with Crippen molar-refractivity contribution in [3.63, 3.8) is 0 Å². The lowest BCUT2D eigenvalue weighted by Gasteiger charge is -2.38. The molecule has 5 nitrogen and oxygen atoms in total. The van der Waals surface area contributed by atoms with Gasteiger partial charge in [0, 0.05) is 6.54 Å². The predicted octanol–water partition coefficient (Wildman–Crippen LogP) is 1.76. The van der Waals surface area contributed by atoms with Gasteiger partial charge in [-0.25, -0.2) is 4.79 Å². The average molecular weight is 284 g/mol. The van der Waals surface area contributed by atoms with Crippen molar-refractivity contribution >= 4 is 11.9 Å². The summed E-state index contributed by atoms with van der Waals surface area (Å²) in [7, 11) is 0. The number of rotatable bonds is 6. The van der Waals surface area contributed by atoms with E-state index in [4.69, 9.17) is 5.73 Å². The third-order valence-electron chi connectivity index (χ3n) is 4.87. The van der Waals surface area contributed by atoms with Gasteiger partial charge in [-0.15, -0.1) is 0 Å². The second kappa shape index (κ2) is 7.07. The summed E-state index contributed by atoms with van der Waals surface area (Å²) in [6, 6.07) is -0.824. The van der Waals surface area contributed by atoms with Crippen molar-refractivity contribution in [3.8, 4) is 0 Å². The normalized spacial score (nSPS) is 29.5. The Balaban J connectivity index is 2.78. The van der Waals surface area contributed by atoms with E-state index in [1.165, 1.54) is 0 Å². The molecule has 0 aliphatic heterocycles. The largest absolute Gasteiger partial charge is 0.480 e. The van der Waals surface area contributed by atoms with Gasteiger partial charge in [-0.05, 0) is 37.5 Å². The van der Waals surface area contributed by atoms with E-state index in [1.807, 2.05) is 13.8 Å². The number of carboxylic acids is 1. The van der Waals surface area contributed by atoms with Crippen LogP contribution in [0.25, 0.3) is 0 Å².